The molecule has 5 nitrogen and oxygen atoms in total. The Hall–Kier alpha value is -2.09. The number of imide groups is 1. The van der Waals surface area contributed by atoms with Gasteiger partial charge >= 0.3 is 12.2 Å². The van der Waals surface area contributed by atoms with E-state index in [1.54, 1.807) is 0 Å². The first kappa shape index (κ1) is 18.7. The Labute approximate surface area is 149 Å². The van der Waals surface area contributed by atoms with E-state index in [0.29, 0.717) is 6.54 Å². The van der Waals surface area contributed by atoms with E-state index in [4.69, 9.17) is 0 Å². The predicted octanol–water partition coefficient (Wildman–Crippen LogP) is 3.22. The molecule has 0 bridgehead atoms. The molecule has 0 aromatic heterocycles. The highest BCUT2D eigenvalue weighted by molar-refractivity contribution is 5.95. The summed E-state index contributed by atoms with van der Waals surface area (Å²) in [7, 11) is 0. The van der Waals surface area contributed by atoms with Gasteiger partial charge in [0.25, 0.3) is 0 Å². The van der Waals surface area contributed by atoms with Gasteiger partial charge < -0.3 is 5.32 Å². The molecular formula is C18H22F3N3O2. The first-order valence-electron chi connectivity index (χ1n) is 8.84. The van der Waals surface area contributed by atoms with Crippen LogP contribution in [0.15, 0.2) is 24.3 Å². The van der Waals surface area contributed by atoms with Crippen molar-refractivity contribution < 1.29 is 22.8 Å². The van der Waals surface area contributed by atoms with Crippen molar-refractivity contribution in [1.29, 1.82) is 0 Å². The molecule has 2 aliphatic rings. The van der Waals surface area contributed by atoms with Crippen LogP contribution in [0.2, 0.25) is 0 Å². The van der Waals surface area contributed by atoms with Crippen LogP contribution in [0.1, 0.15) is 49.3 Å². The first-order valence-corrected chi connectivity index (χ1v) is 8.84. The van der Waals surface area contributed by atoms with E-state index in [1.807, 2.05) is 4.90 Å². The van der Waals surface area contributed by atoms with E-state index < -0.39 is 23.7 Å². The van der Waals surface area contributed by atoms with E-state index >= 15 is 0 Å². The number of hydrogen-bond donors (Lipinski definition) is 2. The van der Waals surface area contributed by atoms with E-state index in [-0.39, 0.29) is 18.6 Å². The van der Waals surface area contributed by atoms with Gasteiger partial charge in [0.1, 0.15) is 0 Å². The Morgan fingerprint density at radius 3 is 2.38 bits per heavy atom. The molecule has 2 N–H and O–H groups in total. The van der Waals surface area contributed by atoms with Gasteiger partial charge in [-0.3, -0.25) is 15.0 Å². The van der Waals surface area contributed by atoms with Crippen LogP contribution >= 0.6 is 0 Å². The number of urea groups is 1. The number of hydrogen-bond acceptors (Lipinski definition) is 3. The lowest BCUT2D eigenvalue weighted by molar-refractivity contribution is -0.137. The molecule has 8 heteroatoms. The van der Waals surface area contributed by atoms with Gasteiger partial charge in [0, 0.05) is 12.1 Å². The van der Waals surface area contributed by atoms with E-state index in [0.717, 1.165) is 49.8 Å². The smallest absolute Gasteiger partial charge is 0.335 e. The molecule has 1 saturated heterocycles. The lowest BCUT2D eigenvalue weighted by Crippen LogP contribution is -2.46. The molecule has 1 atom stereocenters. The number of nitrogens with one attached hydrogen (secondary N) is 2. The third-order valence-corrected chi connectivity index (χ3v) is 4.75. The van der Waals surface area contributed by atoms with Crippen LogP contribution < -0.4 is 10.6 Å². The van der Waals surface area contributed by atoms with Crippen molar-refractivity contribution in [3.05, 3.63) is 35.4 Å². The predicted molar refractivity (Wildman–Crippen MR) is 89.3 cm³/mol. The normalized spacial score (nSPS) is 21.3. The fraction of sp³-hybridized carbons (Fsp3) is 0.556. The zero-order valence-electron chi connectivity index (χ0n) is 14.3. The van der Waals surface area contributed by atoms with Crippen molar-refractivity contribution in [2.75, 3.05) is 13.1 Å². The summed E-state index contributed by atoms with van der Waals surface area (Å²) in [5.74, 6) is -0.401. The minimum absolute atomic E-state index is 0.0454. The van der Waals surface area contributed by atoms with Gasteiger partial charge in [-0.1, -0.05) is 18.6 Å². The third kappa shape index (κ3) is 4.97. The number of halogens is 3. The van der Waals surface area contributed by atoms with Crippen LogP contribution in [-0.2, 0) is 11.0 Å². The number of nitrogens with zero attached hydrogens (tertiary/aromatic N) is 1. The highest BCUT2D eigenvalue weighted by atomic mass is 19.4. The van der Waals surface area contributed by atoms with E-state index in [9.17, 15) is 22.8 Å². The summed E-state index contributed by atoms with van der Waals surface area (Å²) in [6.45, 7) is 0.715. The average molecular weight is 369 g/mol. The molecule has 1 aromatic rings. The van der Waals surface area contributed by atoms with Crippen molar-refractivity contribution in [2.24, 2.45) is 0 Å². The Bertz CT molecular complexity index is 657. The van der Waals surface area contributed by atoms with Crippen LogP contribution in [0.4, 0.5) is 18.0 Å². The Morgan fingerprint density at radius 2 is 1.77 bits per heavy atom. The number of piperidine rings is 1. The maximum atomic E-state index is 12.7. The zero-order valence-corrected chi connectivity index (χ0v) is 14.3. The molecule has 1 aromatic carbocycles. The molecule has 1 unspecified atom stereocenters. The molecule has 2 fully saturated rings. The maximum Gasteiger partial charge on any atom is 0.416 e. The second-order valence-electron chi connectivity index (χ2n) is 6.90. The molecule has 1 saturated carbocycles. The van der Waals surface area contributed by atoms with Crippen molar-refractivity contribution in [1.82, 2.24) is 15.5 Å². The van der Waals surface area contributed by atoms with Crippen LogP contribution in [0.5, 0.6) is 0 Å². The lowest BCUT2D eigenvalue weighted by atomic mass is 9.94. The second-order valence-corrected chi connectivity index (χ2v) is 6.90. The van der Waals surface area contributed by atoms with Crippen molar-refractivity contribution in [3.63, 3.8) is 0 Å². The highest BCUT2D eigenvalue weighted by Gasteiger charge is 2.31. The summed E-state index contributed by atoms with van der Waals surface area (Å²) in [5, 5.41) is 5.01. The SMILES string of the molecule is O=C(CN1CCCCC1c1ccc(C(F)(F)F)cc1)NC(=O)NC1CC1. The molecule has 0 spiro atoms. The number of alkyl halides is 3. The Balaban J connectivity index is 1.61. The maximum absolute atomic E-state index is 12.7. The molecular weight excluding hydrogens is 347 g/mol. The summed E-state index contributed by atoms with van der Waals surface area (Å²) < 4.78 is 38.2. The molecule has 26 heavy (non-hydrogen) atoms. The largest absolute Gasteiger partial charge is 0.416 e. The summed E-state index contributed by atoms with van der Waals surface area (Å²) in [5.41, 5.74) is 0.0750. The zero-order chi connectivity index (χ0) is 18.7. The number of carbonyl (C=O) groups excluding carboxylic acids is 2. The quantitative estimate of drug-likeness (QED) is 0.857. The molecule has 1 heterocycles. The van der Waals surface area contributed by atoms with Crippen LogP contribution in [0.3, 0.4) is 0 Å². The second kappa shape index (κ2) is 7.65. The van der Waals surface area contributed by atoms with Crippen molar-refractivity contribution >= 4 is 11.9 Å². The fourth-order valence-corrected chi connectivity index (χ4v) is 3.25. The monoisotopic (exact) mass is 369 g/mol. The molecule has 3 rings (SSSR count). The fourth-order valence-electron chi connectivity index (χ4n) is 3.25. The number of carbonyl (C=O) groups is 2. The summed E-state index contributed by atoms with van der Waals surface area (Å²) in [4.78, 5) is 25.7. The van der Waals surface area contributed by atoms with Crippen LogP contribution in [-0.4, -0.2) is 36.0 Å². The van der Waals surface area contributed by atoms with Gasteiger partial charge in [-0.15, -0.1) is 0 Å². The number of likely N-dealkylation sites (tertiary alicyclic amines) is 1. The van der Waals surface area contributed by atoms with E-state index in [1.165, 1.54) is 12.1 Å². The summed E-state index contributed by atoms with van der Waals surface area (Å²) in [6.07, 6.45) is 0.143. The Kier molecular flexibility index (Phi) is 5.50. The topological polar surface area (TPSA) is 61.4 Å². The minimum atomic E-state index is -4.36. The summed E-state index contributed by atoms with van der Waals surface area (Å²) >= 11 is 0. The molecule has 0 radical (unpaired) electrons. The lowest BCUT2D eigenvalue weighted by Gasteiger charge is -2.35. The molecule has 1 aliphatic carbocycles. The van der Waals surface area contributed by atoms with Gasteiger partial charge in [0.15, 0.2) is 0 Å². The van der Waals surface area contributed by atoms with Crippen LogP contribution in [0.25, 0.3) is 0 Å². The average Bonchev–Trinajstić information content (AvgIpc) is 3.38. The highest BCUT2D eigenvalue weighted by Crippen LogP contribution is 2.34. The third-order valence-electron chi connectivity index (χ3n) is 4.75. The van der Waals surface area contributed by atoms with E-state index in [2.05, 4.69) is 10.6 Å². The minimum Gasteiger partial charge on any atom is -0.335 e. The van der Waals surface area contributed by atoms with Gasteiger partial charge in [-0.05, 0) is 49.9 Å². The number of rotatable bonds is 4. The molecule has 3 amide bonds. The van der Waals surface area contributed by atoms with Crippen molar-refractivity contribution in [3.8, 4) is 0 Å². The van der Waals surface area contributed by atoms with Gasteiger partial charge in [-0.2, -0.15) is 13.2 Å². The van der Waals surface area contributed by atoms with Crippen LogP contribution in [0, 0.1) is 0 Å². The number of amides is 3. The molecule has 1 aliphatic heterocycles. The van der Waals surface area contributed by atoms with Gasteiger partial charge in [-0.25, -0.2) is 4.79 Å². The summed E-state index contributed by atoms with van der Waals surface area (Å²) in [6, 6.07) is 4.66. The standard InChI is InChI=1S/C18H22F3N3O2/c19-18(20,21)13-6-4-12(5-7-13)15-3-1-2-10-24(15)11-16(25)23-17(26)22-14-8-9-14/h4-7,14-15H,1-3,8-11H2,(H2,22,23,25,26). The van der Waals surface area contributed by atoms with Gasteiger partial charge in [0.2, 0.25) is 5.91 Å². The Morgan fingerprint density at radius 1 is 1.08 bits per heavy atom. The number of benzene rings is 1. The first-order chi connectivity index (χ1) is 12.3. The van der Waals surface area contributed by atoms with Crippen molar-refractivity contribution in [2.45, 2.75) is 50.4 Å². The van der Waals surface area contributed by atoms with Gasteiger partial charge in [0.05, 0.1) is 12.1 Å². The molecule has 142 valence electrons.